The molecule has 0 saturated heterocycles. The summed E-state index contributed by atoms with van der Waals surface area (Å²) in [6, 6.07) is 0. The topological polar surface area (TPSA) is 0 Å². The van der Waals surface area contributed by atoms with Crippen LogP contribution in [0.5, 0.6) is 0 Å². The molecule has 1 aliphatic carbocycles. The van der Waals surface area contributed by atoms with Crippen molar-refractivity contribution in [2.45, 2.75) is 47.5 Å². The molecule has 0 N–H and O–H groups in total. The van der Waals surface area contributed by atoms with Gasteiger partial charge in [-0.1, -0.05) is 47.5 Å². The van der Waals surface area contributed by atoms with Crippen LogP contribution in [0, 0.1) is 5.92 Å². The van der Waals surface area contributed by atoms with E-state index in [1.54, 1.807) is 0 Å². The Morgan fingerprint density at radius 2 is 1.38 bits per heavy atom. The van der Waals surface area contributed by atoms with Gasteiger partial charge in [0.2, 0.25) is 0 Å². The van der Waals surface area contributed by atoms with Crippen LogP contribution in [0.1, 0.15) is 47.5 Å². The minimum Gasteiger partial charge on any atom is -0.0776 e. The van der Waals surface area contributed by atoms with Gasteiger partial charge in [-0.25, -0.2) is 0 Å². The zero-order valence-corrected chi connectivity index (χ0v) is 5.70. The molecular weight excluding hydrogens is 96.1 g/mol. The fourth-order valence-corrected chi connectivity index (χ4v) is 0.612. The molecule has 8 heavy (non-hydrogen) atoms. The maximum absolute atomic E-state index is 2.31. The summed E-state index contributed by atoms with van der Waals surface area (Å²) in [6.45, 7) is 6.31. The van der Waals surface area contributed by atoms with Gasteiger partial charge in [-0.2, -0.15) is 0 Å². The highest BCUT2D eigenvalue weighted by Crippen LogP contribution is 2.24. The summed E-state index contributed by atoms with van der Waals surface area (Å²) in [5.41, 5.74) is 0. The lowest BCUT2D eigenvalue weighted by Crippen LogP contribution is -2.04. The fraction of sp³-hybridized carbons (Fsp3) is 1.00. The van der Waals surface area contributed by atoms with Crippen LogP contribution in [-0.2, 0) is 0 Å². The van der Waals surface area contributed by atoms with Gasteiger partial charge < -0.3 is 0 Å². The maximum Gasteiger partial charge on any atom is -0.0443 e. The van der Waals surface area contributed by atoms with Crippen molar-refractivity contribution in [2.75, 3.05) is 0 Å². The Labute approximate surface area is 54.3 Å². The van der Waals surface area contributed by atoms with Crippen molar-refractivity contribution < 1.29 is 0 Å². The van der Waals surface area contributed by atoms with Crippen molar-refractivity contribution in [1.82, 2.24) is 0 Å². The first-order valence-corrected chi connectivity index (χ1v) is 3.39. The lowest BCUT2D eigenvalue weighted by atomic mass is 9.88. The molecule has 0 bridgehead atoms. The van der Waals surface area contributed by atoms with Gasteiger partial charge >= 0.3 is 0 Å². The summed E-state index contributed by atoms with van der Waals surface area (Å²) in [5, 5.41) is 0. The molecule has 1 rings (SSSR count). The molecule has 0 amide bonds. The Bertz CT molecular complexity index is 27.0. The van der Waals surface area contributed by atoms with Gasteiger partial charge in [0.25, 0.3) is 0 Å². The Balaban J connectivity index is 0. The van der Waals surface area contributed by atoms with Crippen molar-refractivity contribution >= 4 is 0 Å². The van der Waals surface area contributed by atoms with E-state index in [9.17, 15) is 0 Å². The predicted octanol–water partition coefficient (Wildman–Crippen LogP) is 3.47. The van der Waals surface area contributed by atoms with Crippen LogP contribution in [0.2, 0.25) is 0 Å². The van der Waals surface area contributed by atoms with Crippen LogP contribution in [0.4, 0.5) is 0 Å². The van der Waals surface area contributed by atoms with Gasteiger partial charge in [-0.3, -0.25) is 0 Å². The van der Waals surface area contributed by atoms with E-state index in [-0.39, 0.29) is 7.43 Å². The lowest BCUT2D eigenvalue weighted by molar-refractivity contribution is 0.346. The molecule has 1 fully saturated rings. The minimum absolute atomic E-state index is 0. The van der Waals surface area contributed by atoms with Crippen LogP contribution in [0.3, 0.4) is 0 Å². The lowest BCUT2D eigenvalue weighted by Gasteiger charge is -2.18. The molecule has 0 heteroatoms. The second kappa shape index (κ2) is 7.00. The standard InChI is InChI=1S/C5H10.C2H6.CH4/c1-5-3-2-4-5;1-2;/h5H,2-4H2,1H3;1-2H3;1H4. The first-order valence-electron chi connectivity index (χ1n) is 3.39. The molecule has 0 spiro atoms. The highest BCUT2D eigenvalue weighted by atomic mass is 14.1. The van der Waals surface area contributed by atoms with Crippen molar-refractivity contribution in [3.05, 3.63) is 0 Å². The monoisotopic (exact) mass is 116 g/mol. The van der Waals surface area contributed by atoms with Crippen LogP contribution in [-0.4, -0.2) is 0 Å². The van der Waals surface area contributed by atoms with Crippen molar-refractivity contribution in [2.24, 2.45) is 5.92 Å². The van der Waals surface area contributed by atoms with E-state index >= 15 is 0 Å². The summed E-state index contributed by atoms with van der Waals surface area (Å²) >= 11 is 0. The van der Waals surface area contributed by atoms with Crippen LogP contribution < -0.4 is 0 Å². The van der Waals surface area contributed by atoms with Gasteiger partial charge in [-0.15, -0.1) is 0 Å². The predicted molar refractivity (Wildman–Crippen MR) is 41.1 cm³/mol. The Kier molecular flexibility index (Phi) is 9.53. The van der Waals surface area contributed by atoms with Gasteiger partial charge in [0, 0.05) is 0 Å². The molecule has 1 saturated carbocycles. The van der Waals surface area contributed by atoms with Crippen molar-refractivity contribution in [1.29, 1.82) is 0 Å². The van der Waals surface area contributed by atoms with Crippen molar-refractivity contribution in [3.63, 3.8) is 0 Å². The van der Waals surface area contributed by atoms with Crippen LogP contribution >= 0.6 is 0 Å². The molecule has 0 heterocycles. The van der Waals surface area contributed by atoms with E-state index in [4.69, 9.17) is 0 Å². The van der Waals surface area contributed by atoms with E-state index in [0.717, 1.165) is 5.92 Å². The summed E-state index contributed by atoms with van der Waals surface area (Å²) in [5.74, 6) is 1.06. The molecule has 0 aromatic rings. The molecule has 0 aromatic carbocycles. The van der Waals surface area contributed by atoms with E-state index in [1.165, 1.54) is 19.3 Å². The molecule has 0 aromatic heterocycles. The van der Waals surface area contributed by atoms with Gasteiger partial charge in [0.1, 0.15) is 0 Å². The third-order valence-corrected chi connectivity index (χ3v) is 1.39. The molecule has 0 nitrogen and oxygen atoms in total. The molecule has 1 aliphatic rings. The van der Waals surface area contributed by atoms with E-state index < -0.39 is 0 Å². The number of hydrogen-bond acceptors (Lipinski definition) is 0. The second-order valence-electron chi connectivity index (χ2n) is 2.04. The average Bonchev–Trinajstić information content (AvgIpc) is 1.68. The van der Waals surface area contributed by atoms with E-state index in [1.807, 2.05) is 13.8 Å². The zero-order chi connectivity index (χ0) is 5.70. The quantitative estimate of drug-likeness (QED) is 0.454. The molecule has 0 unspecified atom stereocenters. The molecule has 0 radical (unpaired) electrons. The first-order chi connectivity index (χ1) is 3.39. The maximum atomic E-state index is 2.31. The summed E-state index contributed by atoms with van der Waals surface area (Å²) < 4.78 is 0. The third kappa shape index (κ3) is 4.17. The average molecular weight is 116 g/mol. The van der Waals surface area contributed by atoms with E-state index in [0.29, 0.717) is 0 Å². The molecule has 52 valence electrons. The minimum atomic E-state index is 0. The molecular formula is C8H20. The molecule has 0 atom stereocenters. The Morgan fingerprint density at radius 3 is 1.38 bits per heavy atom. The normalized spacial score (nSPS) is 16.9. The highest BCUT2D eigenvalue weighted by molar-refractivity contribution is 4.62. The van der Waals surface area contributed by atoms with Gasteiger partial charge in [0.05, 0.1) is 0 Å². The van der Waals surface area contributed by atoms with Crippen molar-refractivity contribution in [3.8, 4) is 0 Å². The summed E-state index contributed by atoms with van der Waals surface area (Å²) in [7, 11) is 0. The van der Waals surface area contributed by atoms with Gasteiger partial charge in [-0.05, 0) is 5.92 Å². The summed E-state index contributed by atoms with van der Waals surface area (Å²) in [4.78, 5) is 0. The smallest absolute Gasteiger partial charge is 0.0443 e. The highest BCUT2D eigenvalue weighted by Gasteiger charge is 2.09. The summed E-state index contributed by atoms with van der Waals surface area (Å²) in [6.07, 6.45) is 4.46. The third-order valence-electron chi connectivity index (χ3n) is 1.39. The largest absolute Gasteiger partial charge is 0.0776 e. The Morgan fingerprint density at radius 1 is 1.12 bits per heavy atom. The number of rotatable bonds is 0. The fourth-order valence-electron chi connectivity index (χ4n) is 0.612. The SMILES string of the molecule is C.CC.CC1CCC1. The first kappa shape index (κ1) is 10.9. The Hall–Kier alpha value is 0. The second-order valence-corrected chi connectivity index (χ2v) is 2.04. The zero-order valence-electron chi connectivity index (χ0n) is 5.70. The van der Waals surface area contributed by atoms with E-state index in [2.05, 4.69) is 6.92 Å². The van der Waals surface area contributed by atoms with Crippen LogP contribution in [0.15, 0.2) is 0 Å². The molecule has 0 aliphatic heterocycles. The van der Waals surface area contributed by atoms with Crippen LogP contribution in [0.25, 0.3) is 0 Å². The van der Waals surface area contributed by atoms with Gasteiger partial charge in [0.15, 0.2) is 0 Å². The number of hydrogen-bond donors (Lipinski definition) is 0.